The number of aryl methyl sites for hydroxylation is 1. The highest BCUT2D eigenvalue weighted by Gasteiger charge is 2.30. The monoisotopic (exact) mass is 348 g/mol. The number of rotatable bonds is 2. The van der Waals surface area contributed by atoms with Crippen molar-refractivity contribution < 1.29 is 9.32 Å². The highest BCUT2D eigenvalue weighted by molar-refractivity contribution is 6.11. The van der Waals surface area contributed by atoms with Gasteiger partial charge in [-0.3, -0.25) is 9.78 Å². The summed E-state index contributed by atoms with van der Waals surface area (Å²) in [6.07, 6.45) is 2.57. The number of nitrogens with zero attached hydrogens (tertiary/aromatic N) is 4. The van der Waals surface area contributed by atoms with Crippen LogP contribution in [-0.4, -0.2) is 36.2 Å². The molecule has 1 aromatic carbocycles. The molecule has 132 valence electrons. The lowest BCUT2D eigenvalue weighted by Crippen LogP contribution is -2.32. The molecule has 0 bridgehead atoms. The van der Waals surface area contributed by atoms with Gasteiger partial charge in [0, 0.05) is 26.3 Å². The third-order valence-electron chi connectivity index (χ3n) is 4.69. The molecule has 0 spiro atoms. The number of amides is 1. The summed E-state index contributed by atoms with van der Waals surface area (Å²) in [5, 5.41) is 4.10. The van der Waals surface area contributed by atoms with E-state index in [2.05, 4.69) is 22.1 Å². The lowest BCUT2D eigenvalue weighted by Gasteiger charge is -2.24. The number of carbonyl (C=O) groups excluding carboxylic acids is 1. The van der Waals surface area contributed by atoms with Gasteiger partial charge in [-0.1, -0.05) is 23.4 Å². The minimum atomic E-state index is -0.104. The van der Waals surface area contributed by atoms with Crippen molar-refractivity contribution in [1.29, 1.82) is 0 Å². The lowest BCUT2D eigenvalue weighted by atomic mass is 10.1. The van der Waals surface area contributed by atoms with E-state index in [9.17, 15) is 4.79 Å². The minimum Gasteiger partial charge on any atom is -0.373 e. The van der Waals surface area contributed by atoms with Crippen molar-refractivity contribution >= 4 is 17.3 Å². The second-order valence-electron chi connectivity index (χ2n) is 6.40. The van der Waals surface area contributed by atoms with Crippen LogP contribution in [0.2, 0.25) is 0 Å². The maximum Gasteiger partial charge on any atom is 0.264 e. The summed E-state index contributed by atoms with van der Waals surface area (Å²) >= 11 is 0. The maximum absolute atomic E-state index is 13.5. The fourth-order valence-electron chi connectivity index (χ4n) is 3.37. The van der Waals surface area contributed by atoms with E-state index in [0.717, 1.165) is 24.3 Å². The molecule has 6 nitrogen and oxygen atoms in total. The Bertz CT molecular complexity index is 936. The van der Waals surface area contributed by atoms with Crippen molar-refractivity contribution in [2.24, 2.45) is 0 Å². The Morgan fingerprint density at radius 1 is 1.08 bits per heavy atom. The normalized spacial score (nSPS) is 14.1. The van der Waals surface area contributed by atoms with Gasteiger partial charge in [0.25, 0.3) is 5.91 Å². The van der Waals surface area contributed by atoms with E-state index in [-0.39, 0.29) is 5.91 Å². The van der Waals surface area contributed by atoms with Crippen molar-refractivity contribution in [2.45, 2.75) is 13.3 Å². The van der Waals surface area contributed by atoms with Crippen molar-refractivity contribution in [3.05, 3.63) is 60.0 Å². The van der Waals surface area contributed by atoms with Crippen LogP contribution in [0.15, 0.2) is 53.2 Å². The van der Waals surface area contributed by atoms with Gasteiger partial charge in [-0.25, -0.2) is 0 Å². The first-order chi connectivity index (χ1) is 12.7. The SMILES string of the molecule is Cc1onc(-c2ccccn2)c1C(=O)N1CCCN(C)c2ccccc21. The zero-order chi connectivity index (χ0) is 18.1. The summed E-state index contributed by atoms with van der Waals surface area (Å²) in [6, 6.07) is 13.5. The summed E-state index contributed by atoms with van der Waals surface area (Å²) in [6.45, 7) is 3.31. The summed E-state index contributed by atoms with van der Waals surface area (Å²) in [4.78, 5) is 21.8. The van der Waals surface area contributed by atoms with E-state index in [1.165, 1.54) is 0 Å². The highest BCUT2D eigenvalue weighted by Crippen LogP contribution is 2.34. The van der Waals surface area contributed by atoms with Crippen LogP contribution < -0.4 is 9.80 Å². The molecule has 1 aliphatic rings. The summed E-state index contributed by atoms with van der Waals surface area (Å²) < 4.78 is 5.35. The number of carbonyl (C=O) groups is 1. The first-order valence-corrected chi connectivity index (χ1v) is 8.66. The van der Waals surface area contributed by atoms with Crippen molar-refractivity contribution in [2.75, 3.05) is 29.9 Å². The van der Waals surface area contributed by atoms with E-state index in [4.69, 9.17) is 4.52 Å². The Morgan fingerprint density at radius 2 is 1.85 bits per heavy atom. The molecule has 0 fully saturated rings. The molecule has 0 N–H and O–H groups in total. The van der Waals surface area contributed by atoms with Crippen LogP contribution in [0.25, 0.3) is 11.4 Å². The Hall–Kier alpha value is -3.15. The molecule has 0 radical (unpaired) electrons. The smallest absolute Gasteiger partial charge is 0.264 e. The molecule has 6 heteroatoms. The largest absolute Gasteiger partial charge is 0.373 e. The lowest BCUT2D eigenvalue weighted by molar-refractivity contribution is 0.0986. The predicted octanol–water partition coefficient (Wildman–Crippen LogP) is 3.53. The molecular weight excluding hydrogens is 328 g/mol. The number of anilines is 2. The molecular formula is C20H20N4O2. The van der Waals surface area contributed by atoms with Crippen molar-refractivity contribution in [3.63, 3.8) is 0 Å². The summed E-state index contributed by atoms with van der Waals surface area (Å²) in [7, 11) is 2.05. The molecule has 0 aliphatic carbocycles. The van der Waals surface area contributed by atoms with Gasteiger partial charge in [-0.2, -0.15) is 0 Å². The van der Waals surface area contributed by atoms with Crippen LogP contribution in [-0.2, 0) is 0 Å². The van der Waals surface area contributed by atoms with E-state index in [1.54, 1.807) is 13.1 Å². The van der Waals surface area contributed by atoms with Crippen LogP contribution >= 0.6 is 0 Å². The third-order valence-corrected chi connectivity index (χ3v) is 4.69. The molecule has 4 rings (SSSR count). The molecule has 0 saturated heterocycles. The first-order valence-electron chi connectivity index (χ1n) is 8.66. The number of aromatic nitrogens is 2. The van der Waals surface area contributed by atoms with Crippen molar-refractivity contribution in [1.82, 2.24) is 10.1 Å². The zero-order valence-electron chi connectivity index (χ0n) is 14.8. The average Bonchev–Trinajstić information content (AvgIpc) is 2.98. The standard InChI is InChI=1S/C20H20N4O2/c1-14-18(19(22-26-14)15-8-5-6-11-21-15)20(25)24-13-7-12-23(2)16-9-3-4-10-17(16)24/h3-6,8-11H,7,12-13H2,1-2H3. The van der Waals surface area contributed by atoms with Gasteiger partial charge in [-0.05, 0) is 37.6 Å². The highest BCUT2D eigenvalue weighted by atomic mass is 16.5. The Kier molecular flexibility index (Phi) is 4.16. The third kappa shape index (κ3) is 2.73. The molecule has 0 atom stereocenters. The maximum atomic E-state index is 13.5. The average molecular weight is 348 g/mol. The Labute approximate surface area is 152 Å². The van der Waals surface area contributed by atoms with E-state index >= 15 is 0 Å². The molecule has 26 heavy (non-hydrogen) atoms. The quantitative estimate of drug-likeness (QED) is 0.709. The van der Waals surface area contributed by atoms with Gasteiger partial charge in [-0.15, -0.1) is 0 Å². The number of hydrogen-bond acceptors (Lipinski definition) is 5. The summed E-state index contributed by atoms with van der Waals surface area (Å²) in [5.41, 5.74) is 3.55. The van der Waals surface area contributed by atoms with E-state index in [0.29, 0.717) is 29.3 Å². The second-order valence-corrected chi connectivity index (χ2v) is 6.40. The fraction of sp³-hybridized carbons (Fsp3) is 0.250. The molecule has 2 aromatic heterocycles. The number of benzene rings is 1. The molecule has 0 unspecified atom stereocenters. The number of hydrogen-bond donors (Lipinski definition) is 0. The van der Waals surface area contributed by atoms with Crippen LogP contribution in [0.4, 0.5) is 11.4 Å². The molecule has 0 saturated carbocycles. The Morgan fingerprint density at radius 3 is 2.62 bits per heavy atom. The van der Waals surface area contributed by atoms with E-state index < -0.39 is 0 Å². The molecule has 3 aromatic rings. The van der Waals surface area contributed by atoms with Gasteiger partial charge < -0.3 is 14.3 Å². The first kappa shape index (κ1) is 16.3. The van der Waals surface area contributed by atoms with Gasteiger partial charge >= 0.3 is 0 Å². The number of fused-ring (bicyclic) bond motifs is 1. The van der Waals surface area contributed by atoms with Crippen LogP contribution in [0.5, 0.6) is 0 Å². The molecule has 1 amide bonds. The fourth-order valence-corrected chi connectivity index (χ4v) is 3.37. The van der Waals surface area contributed by atoms with Crippen LogP contribution in [0, 0.1) is 6.92 Å². The van der Waals surface area contributed by atoms with Gasteiger partial charge in [0.05, 0.1) is 17.1 Å². The van der Waals surface area contributed by atoms with Gasteiger partial charge in [0.2, 0.25) is 0 Å². The van der Waals surface area contributed by atoms with Gasteiger partial charge in [0.1, 0.15) is 17.0 Å². The van der Waals surface area contributed by atoms with Crippen LogP contribution in [0.1, 0.15) is 22.5 Å². The number of pyridine rings is 1. The zero-order valence-corrected chi connectivity index (χ0v) is 14.8. The number of para-hydroxylation sites is 2. The van der Waals surface area contributed by atoms with Gasteiger partial charge in [0.15, 0.2) is 0 Å². The second kappa shape index (κ2) is 6.63. The molecule has 1 aliphatic heterocycles. The Balaban J connectivity index is 1.80. The van der Waals surface area contributed by atoms with Crippen molar-refractivity contribution in [3.8, 4) is 11.4 Å². The summed E-state index contributed by atoms with van der Waals surface area (Å²) in [5.74, 6) is 0.401. The predicted molar refractivity (Wildman–Crippen MR) is 100 cm³/mol. The van der Waals surface area contributed by atoms with Crippen LogP contribution in [0.3, 0.4) is 0 Å². The minimum absolute atomic E-state index is 0.104. The molecule has 3 heterocycles. The van der Waals surface area contributed by atoms with E-state index in [1.807, 2.05) is 47.4 Å². The topological polar surface area (TPSA) is 62.5 Å².